The first kappa shape index (κ1) is 25.6. The lowest BCUT2D eigenvalue weighted by Gasteiger charge is -2.26. The summed E-state index contributed by atoms with van der Waals surface area (Å²) in [6, 6.07) is 9.39. The van der Waals surface area contributed by atoms with Crippen LogP contribution in [0.3, 0.4) is 0 Å². The van der Waals surface area contributed by atoms with Crippen molar-refractivity contribution in [2.24, 2.45) is 0 Å². The van der Waals surface area contributed by atoms with E-state index in [0.29, 0.717) is 16.7 Å². The van der Waals surface area contributed by atoms with Gasteiger partial charge in [-0.05, 0) is 57.9 Å². The fraction of sp³-hybridized carbons (Fsp3) is 0.346. The lowest BCUT2D eigenvalue weighted by Crippen LogP contribution is -2.21. The lowest BCUT2D eigenvalue weighted by molar-refractivity contribution is -0.120. The average Bonchev–Trinajstić information content (AvgIpc) is 2.72. The third-order valence-electron chi connectivity index (χ3n) is 4.91. The van der Waals surface area contributed by atoms with Crippen LogP contribution in [-0.4, -0.2) is 24.1 Å². The van der Waals surface area contributed by atoms with Gasteiger partial charge >= 0.3 is 0 Å². The van der Waals surface area contributed by atoms with Crippen LogP contribution in [0, 0.1) is 29.6 Å². The third kappa shape index (κ3) is 7.10. The van der Waals surface area contributed by atoms with E-state index in [4.69, 9.17) is 10.00 Å². The number of Topliss-reactive ketones (excluding diaryl/α,β-unsaturated/α-hetero) is 1. The summed E-state index contributed by atoms with van der Waals surface area (Å²) < 4.78 is 5.40. The number of rotatable bonds is 10. The van der Waals surface area contributed by atoms with Crippen molar-refractivity contribution in [2.45, 2.75) is 47.0 Å². The Morgan fingerprint density at radius 1 is 1.29 bits per heavy atom. The van der Waals surface area contributed by atoms with E-state index in [2.05, 4.69) is 12.6 Å². The molecule has 0 spiro atoms. The summed E-state index contributed by atoms with van der Waals surface area (Å²) in [6.07, 6.45) is 3.92. The standard InChI is InChI=1S/C26H30N2O3/c1-7-18(4)13-23(20(6)29)26(22-10-9-21(15-28)14-19(22)5)25(17(2)3)24(30)16-31-12-8-11-27/h7,9-10,13-14,26,29H,6,8,12,16H2,1-5H3/b18-7-,23-13+/t26-/m0/s1. The molecule has 0 aliphatic rings. The Bertz CT molecular complexity index is 1010. The number of ether oxygens (including phenoxy) is 1. The molecular formula is C26H30N2O3. The number of hydrogen-bond donors (Lipinski definition) is 1. The van der Waals surface area contributed by atoms with Gasteiger partial charge in [0.1, 0.15) is 12.4 Å². The topological polar surface area (TPSA) is 94.1 Å². The molecule has 0 aromatic heterocycles. The highest BCUT2D eigenvalue weighted by atomic mass is 16.5. The second-order valence-electron chi connectivity index (χ2n) is 7.49. The largest absolute Gasteiger partial charge is 0.508 e. The Morgan fingerprint density at radius 2 is 1.97 bits per heavy atom. The molecule has 1 aromatic carbocycles. The molecule has 1 rings (SSSR count). The first-order chi connectivity index (χ1) is 14.7. The normalized spacial score (nSPS) is 12.5. The van der Waals surface area contributed by atoms with Gasteiger partial charge in [-0.2, -0.15) is 10.5 Å². The highest BCUT2D eigenvalue weighted by Gasteiger charge is 2.30. The number of aliphatic hydroxyl groups excluding tert-OH is 1. The summed E-state index contributed by atoms with van der Waals surface area (Å²) >= 11 is 0. The molecule has 0 heterocycles. The highest BCUT2D eigenvalue weighted by molar-refractivity contribution is 5.99. The number of aryl methyl sites for hydroxylation is 1. The molecule has 0 bridgehead atoms. The van der Waals surface area contributed by atoms with Crippen LogP contribution < -0.4 is 0 Å². The van der Waals surface area contributed by atoms with Crippen LogP contribution in [0.2, 0.25) is 0 Å². The Kier molecular flexibility index (Phi) is 10.2. The number of allylic oxidation sites excluding steroid dienone is 5. The summed E-state index contributed by atoms with van der Waals surface area (Å²) in [4.78, 5) is 13.2. The summed E-state index contributed by atoms with van der Waals surface area (Å²) in [5.74, 6) is -0.943. The van der Waals surface area contributed by atoms with E-state index in [1.54, 1.807) is 12.1 Å². The van der Waals surface area contributed by atoms with Crippen molar-refractivity contribution in [3.63, 3.8) is 0 Å². The van der Waals surface area contributed by atoms with E-state index >= 15 is 0 Å². The molecule has 0 aliphatic carbocycles. The summed E-state index contributed by atoms with van der Waals surface area (Å²) in [7, 11) is 0. The van der Waals surface area contributed by atoms with Gasteiger partial charge in [0.15, 0.2) is 5.78 Å². The van der Waals surface area contributed by atoms with Crippen molar-refractivity contribution in [1.29, 1.82) is 10.5 Å². The second-order valence-corrected chi connectivity index (χ2v) is 7.49. The SMILES string of the molecule is C=C(O)/C(=C\C(C)=C/C)[C@@H](C(C(=O)COCCC#N)=C(C)C)c1ccc(C#N)cc1C. The Balaban J connectivity index is 3.72. The van der Waals surface area contributed by atoms with Crippen molar-refractivity contribution in [3.05, 3.63) is 81.7 Å². The first-order valence-electron chi connectivity index (χ1n) is 10.1. The predicted octanol–water partition coefficient (Wildman–Crippen LogP) is 5.75. The number of ketones is 1. The maximum absolute atomic E-state index is 13.2. The van der Waals surface area contributed by atoms with Crippen LogP contribution in [0.15, 0.2) is 65.0 Å². The minimum atomic E-state index is -0.586. The van der Waals surface area contributed by atoms with Gasteiger partial charge in [-0.25, -0.2) is 0 Å². The molecule has 0 amide bonds. The van der Waals surface area contributed by atoms with Gasteiger partial charge in [-0.3, -0.25) is 4.79 Å². The molecule has 0 saturated heterocycles. The van der Waals surface area contributed by atoms with Gasteiger partial charge in [-0.15, -0.1) is 0 Å². The smallest absolute Gasteiger partial charge is 0.185 e. The van der Waals surface area contributed by atoms with Crippen LogP contribution in [0.5, 0.6) is 0 Å². The minimum Gasteiger partial charge on any atom is -0.508 e. The zero-order chi connectivity index (χ0) is 23.6. The third-order valence-corrected chi connectivity index (χ3v) is 4.91. The molecular weight excluding hydrogens is 388 g/mol. The van der Waals surface area contributed by atoms with Crippen molar-refractivity contribution < 1.29 is 14.6 Å². The monoisotopic (exact) mass is 418 g/mol. The lowest BCUT2D eigenvalue weighted by atomic mass is 9.77. The number of carbonyl (C=O) groups is 1. The van der Waals surface area contributed by atoms with Gasteiger partial charge in [0.25, 0.3) is 0 Å². The van der Waals surface area contributed by atoms with Crippen molar-refractivity contribution >= 4 is 5.78 Å². The molecule has 31 heavy (non-hydrogen) atoms. The van der Waals surface area contributed by atoms with E-state index in [-0.39, 0.29) is 31.2 Å². The zero-order valence-corrected chi connectivity index (χ0v) is 19.0. The maximum atomic E-state index is 13.2. The van der Waals surface area contributed by atoms with Gasteiger partial charge in [0.2, 0.25) is 0 Å². The second kappa shape index (κ2) is 12.3. The van der Waals surface area contributed by atoms with Crippen molar-refractivity contribution in [3.8, 4) is 12.1 Å². The van der Waals surface area contributed by atoms with Crippen LogP contribution in [0.25, 0.3) is 0 Å². The summed E-state index contributed by atoms with van der Waals surface area (Å²) in [6.45, 7) is 13.1. The fourth-order valence-electron chi connectivity index (χ4n) is 3.30. The van der Waals surface area contributed by atoms with Gasteiger partial charge in [-0.1, -0.05) is 35.9 Å². The van der Waals surface area contributed by atoms with E-state index in [0.717, 1.165) is 22.3 Å². The average molecular weight is 419 g/mol. The Hall–Kier alpha value is -3.41. The van der Waals surface area contributed by atoms with E-state index in [9.17, 15) is 15.2 Å². The predicted molar refractivity (Wildman–Crippen MR) is 122 cm³/mol. The number of nitrogens with zero attached hydrogens (tertiary/aromatic N) is 2. The molecule has 0 aliphatic heterocycles. The van der Waals surface area contributed by atoms with Crippen molar-refractivity contribution in [2.75, 3.05) is 13.2 Å². The van der Waals surface area contributed by atoms with Crippen LogP contribution in [0.1, 0.15) is 56.7 Å². The van der Waals surface area contributed by atoms with E-state index < -0.39 is 5.92 Å². The molecule has 0 fully saturated rings. The van der Waals surface area contributed by atoms with Crippen LogP contribution in [0.4, 0.5) is 0 Å². The van der Waals surface area contributed by atoms with E-state index in [1.165, 1.54) is 0 Å². The first-order valence-corrected chi connectivity index (χ1v) is 10.1. The van der Waals surface area contributed by atoms with Crippen molar-refractivity contribution in [1.82, 2.24) is 0 Å². The molecule has 1 aromatic rings. The number of hydrogen-bond acceptors (Lipinski definition) is 5. The highest BCUT2D eigenvalue weighted by Crippen LogP contribution is 2.39. The maximum Gasteiger partial charge on any atom is 0.185 e. The number of aliphatic hydroxyl groups is 1. The number of nitriles is 2. The minimum absolute atomic E-state index is 0.132. The summed E-state index contributed by atoms with van der Waals surface area (Å²) in [5.41, 5.74) is 4.83. The van der Waals surface area contributed by atoms with Crippen LogP contribution in [-0.2, 0) is 9.53 Å². The molecule has 1 atom stereocenters. The van der Waals surface area contributed by atoms with Crippen LogP contribution >= 0.6 is 0 Å². The molecule has 1 N–H and O–H groups in total. The molecule has 0 unspecified atom stereocenters. The Labute approximate surface area is 185 Å². The molecule has 5 heteroatoms. The van der Waals surface area contributed by atoms with Gasteiger partial charge in [0, 0.05) is 17.1 Å². The number of carbonyl (C=O) groups excluding carboxylic acids is 1. The molecule has 5 nitrogen and oxygen atoms in total. The molecule has 0 radical (unpaired) electrons. The summed E-state index contributed by atoms with van der Waals surface area (Å²) in [5, 5.41) is 28.4. The quantitative estimate of drug-likeness (QED) is 0.226. The Morgan fingerprint density at radius 3 is 2.45 bits per heavy atom. The zero-order valence-electron chi connectivity index (χ0n) is 19.0. The fourth-order valence-corrected chi connectivity index (χ4v) is 3.30. The van der Waals surface area contributed by atoms with Gasteiger partial charge in [0.05, 0.1) is 30.7 Å². The molecule has 0 saturated carbocycles. The molecule has 162 valence electrons. The number of benzene rings is 1. The van der Waals surface area contributed by atoms with Gasteiger partial charge < -0.3 is 9.84 Å². The van der Waals surface area contributed by atoms with E-state index in [1.807, 2.05) is 58.9 Å².